The lowest BCUT2D eigenvalue weighted by Crippen LogP contribution is -1.97. The molecule has 2 aromatic carbocycles. The van der Waals surface area contributed by atoms with Gasteiger partial charge < -0.3 is 4.74 Å². The van der Waals surface area contributed by atoms with Gasteiger partial charge in [-0.25, -0.2) is 0 Å². The summed E-state index contributed by atoms with van der Waals surface area (Å²) in [6, 6.07) is 8.54. The molecule has 0 bridgehead atoms. The number of hydrogen-bond donors (Lipinski definition) is 0. The standard InChI is InChI=1S/C14H9Cl5O/c1-20-12-6-10(16)8(5-11(12)17)13(18)7-3-2-4-9(15)14(7)19/h2-6,13H,1H3. The predicted octanol–water partition coefficient (Wildman–Crippen LogP) is 6.64. The molecule has 2 aromatic rings. The molecule has 0 aliphatic rings. The fraction of sp³-hybridized carbons (Fsp3) is 0.143. The van der Waals surface area contributed by atoms with Crippen molar-refractivity contribution in [1.29, 1.82) is 0 Å². The van der Waals surface area contributed by atoms with Crippen LogP contribution in [0.25, 0.3) is 0 Å². The van der Waals surface area contributed by atoms with Gasteiger partial charge in [-0.15, -0.1) is 11.6 Å². The van der Waals surface area contributed by atoms with Gasteiger partial charge in [-0.1, -0.05) is 58.5 Å². The fourth-order valence-corrected chi connectivity index (χ4v) is 3.18. The summed E-state index contributed by atoms with van der Waals surface area (Å²) >= 11 is 30.9. The van der Waals surface area contributed by atoms with Crippen LogP contribution >= 0.6 is 58.0 Å². The van der Waals surface area contributed by atoms with Crippen molar-refractivity contribution in [1.82, 2.24) is 0 Å². The van der Waals surface area contributed by atoms with Crippen LogP contribution in [0.1, 0.15) is 16.5 Å². The van der Waals surface area contributed by atoms with Crippen LogP contribution in [0.3, 0.4) is 0 Å². The van der Waals surface area contributed by atoms with E-state index in [4.69, 9.17) is 62.7 Å². The molecule has 2 rings (SSSR count). The number of ether oxygens (including phenoxy) is 1. The van der Waals surface area contributed by atoms with Crippen molar-refractivity contribution in [3.63, 3.8) is 0 Å². The molecule has 6 heteroatoms. The van der Waals surface area contributed by atoms with Crippen molar-refractivity contribution in [2.24, 2.45) is 0 Å². The average Bonchev–Trinajstić information content (AvgIpc) is 2.43. The van der Waals surface area contributed by atoms with Crippen LogP contribution in [-0.4, -0.2) is 7.11 Å². The molecule has 1 unspecified atom stereocenters. The Balaban J connectivity index is 2.51. The summed E-state index contributed by atoms with van der Waals surface area (Å²) in [6.45, 7) is 0. The highest BCUT2D eigenvalue weighted by Gasteiger charge is 2.20. The first-order chi connectivity index (χ1) is 9.45. The Hall–Kier alpha value is -0.310. The second kappa shape index (κ2) is 6.64. The number of rotatable bonds is 3. The lowest BCUT2D eigenvalue weighted by atomic mass is 10.0. The van der Waals surface area contributed by atoms with E-state index in [2.05, 4.69) is 0 Å². The van der Waals surface area contributed by atoms with Gasteiger partial charge in [-0.2, -0.15) is 0 Å². The molecule has 0 N–H and O–H groups in total. The predicted molar refractivity (Wildman–Crippen MR) is 87.2 cm³/mol. The van der Waals surface area contributed by atoms with E-state index in [1.165, 1.54) is 7.11 Å². The number of halogens is 5. The van der Waals surface area contributed by atoms with Crippen molar-refractivity contribution in [2.75, 3.05) is 7.11 Å². The first-order valence-electron chi connectivity index (χ1n) is 5.56. The molecule has 106 valence electrons. The fourth-order valence-electron chi connectivity index (χ4n) is 1.78. The molecule has 1 nitrogen and oxygen atoms in total. The molecule has 0 spiro atoms. The summed E-state index contributed by atoms with van der Waals surface area (Å²) < 4.78 is 5.10. The molecule has 0 aromatic heterocycles. The zero-order chi connectivity index (χ0) is 14.9. The summed E-state index contributed by atoms with van der Waals surface area (Å²) in [6.07, 6.45) is 0. The van der Waals surface area contributed by atoms with Crippen LogP contribution in [0.5, 0.6) is 5.75 Å². The van der Waals surface area contributed by atoms with Gasteiger partial charge in [0.2, 0.25) is 0 Å². The van der Waals surface area contributed by atoms with E-state index in [0.717, 1.165) is 0 Å². The third-order valence-electron chi connectivity index (χ3n) is 2.80. The van der Waals surface area contributed by atoms with Gasteiger partial charge >= 0.3 is 0 Å². The Morgan fingerprint density at radius 2 is 1.60 bits per heavy atom. The molecule has 1 atom stereocenters. The molecule has 0 saturated heterocycles. The Morgan fingerprint density at radius 3 is 2.25 bits per heavy atom. The van der Waals surface area contributed by atoms with Crippen molar-refractivity contribution in [2.45, 2.75) is 5.38 Å². The quantitative estimate of drug-likeness (QED) is 0.551. The maximum absolute atomic E-state index is 6.45. The summed E-state index contributed by atoms with van der Waals surface area (Å²) in [5.41, 5.74) is 1.31. The van der Waals surface area contributed by atoms with E-state index in [1.54, 1.807) is 30.3 Å². The summed E-state index contributed by atoms with van der Waals surface area (Å²) in [7, 11) is 1.52. The smallest absolute Gasteiger partial charge is 0.138 e. The zero-order valence-corrected chi connectivity index (χ0v) is 14.0. The summed E-state index contributed by atoms with van der Waals surface area (Å²) in [5.74, 6) is 0.487. The highest BCUT2D eigenvalue weighted by molar-refractivity contribution is 6.43. The molecule has 20 heavy (non-hydrogen) atoms. The van der Waals surface area contributed by atoms with Gasteiger partial charge in [-0.3, -0.25) is 0 Å². The normalized spacial score (nSPS) is 12.3. The van der Waals surface area contributed by atoms with E-state index in [9.17, 15) is 0 Å². The third kappa shape index (κ3) is 3.13. The van der Waals surface area contributed by atoms with Crippen LogP contribution in [0.15, 0.2) is 30.3 Å². The van der Waals surface area contributed by atoms with Crippen LogP contribution < -0.4 is 4.74 Å². The van der Waals surface area contributed by atoms with Crippen LogP contribution in [0.2, 0.25) is 20.1 Å². The monoisotopic (exact) mass is 368 g/mol. The van der Waals surface area contributed by atoms with E-state index in [0.29, 0.717) is 37.0 Å². The summed E-state index contributed by atoms with van der Waals surface area (Å²) in [4.78, 5) is 0. The first-order valence-corrected chi connectivity index (χ1v) is 7.51. The first kappa shape index (κ1) is 16.1. The number of hydrogen-bond acceptors (Lipinski definition) is 1. The zero-order valence-electron chi connectivity index (χ0n) is 10.3. The van der Waals surface area contributed by atoms with Gasteiger partial charge in [0.1, 0.15) is 5.75 Å². The molecule has 0 radical (unpaired) electrons. The van der Waals surface area contributed by atoms with E-state index in [-0.39, 0.29) is 0 Å². The topological polar surface area (TPSA) is 9.23 Å². The molecule has 0 fully saturated rings. The number of methoxy groups -OCH3 is 1. The van der Waals surface area contributed by atoms with Crippen molar-refractivity contribution in [3.8, 4) is 5.75 Å². The summed E-state index contributed by atoms with van der Waals surface area (Å²) in [5, 5.41) is 1.15. The molecule has 0 saturated carbocycles. The van der Waals surface area contributed by atoms with E-state index in [1.807, 2.05) is 0 Å². The Bertz CT molecular complexity index is 642. The molecular formula is C14H9Cl5O. The minimum absolute atomic E-state index is 0.400. The van der Waals surface area contributed by atoms with E-state index < -0.39 is 5.38 Å². The van der Waals surface area contributed by atoms with Crippen molar-refractivity contribution in [3.05, 3.63) is 61.5 Å². The number of alkyl halides is 1. The Morgan fingerprint density at radius 1 is 0.900 bits per heavy atom. The van der Waals surface area contributed by atoms with Crippen LogP contribution in [0.4, 0.5) is 0 Å². The Labute approximate surface area is 142 Å². The maximum Gasteiger partial charge on any atom is 0.138 e. The molecule has 0 aliphatic heterocycles. The second-order valence-electron chi connectivity index (χ2n) is 4.01. The van der Waals surface area contributed by atoms with Gasteiger partial charge in [-0.05, 0) is 23.3 Å². The lowest BCUT2D eigenvalue weighted by Gasteiger charge is -2.16. The van der Waals surface area contributed by atoms with Gasteiger partial charge in [0.05, 0.1) is 27.6 Å². The molecule has 0 aliphatic carbocycles. The second-order valence-corrected chi connectivity index (χ2v) is 6.05. The van der Waals surface area contributed by atoms with Crippen molar-refractivity contribution >= 4 is 58.0 Å². The van der Waals surface area contributed by atoms with Crippen molar-refractivity contribution < 1.29 is 4.74 Å². The SMILES string of the molecule is COc1cc(Cl)c(C(Cl)c2cccc(Cl)c2Cl)cc1Cl. The van der Waals surface area contributed by atoms with Gasteiger partial charge in [0, 0.05) is 11.1 Å². The Kier molecular flexibility index (Phi) is 5.33. The van der Waals surface area contributed by atoms with Gasteiger partial charge in [0.25, 0.3) is 0 Å². The van der Waals surface area contributed by atoms with Crippen LogP contribution in [-0.2, 0) is 0 Å². The average molecular weight is 370 g/mol. The maximum atomic E-state index is 6.45. The highest BCUT2D eigenvalue weighted by Crippen LogP contribution is 2.42. The van der Waals surface area contributed by atoms with E-state index >= 15 is 0 Å². The molecule has 0 amide bonds. The highest BCUT2D eigenvalue weighted by atomic mass is 35.5. The molecule has 0 heterocycles. The minimum atomic E-state index is -0.558. The number of benzene rings is 2. The largest absolute Gasteiger partial charge is 0.495 e. The van der Waals surface area contributed by atoms with Gasteiger partial charge in [0.15, 0.2) is 0 Å². The lowest BCUT2D eigenvalue weighted by molar-refractivity contribution is 0.415. The third-order valence-corrected chi connectivity index (χ3v) is 4.73. The van der Waals surface area contributed by atoms with Crippen LogP contribution in [0, 0.1) is 0 Å². The minimum Gasteiger partial charge on any atom is -0.495 e. The molecular weight excluding hydrogens is 361 g/mol.